The Hall–Kier alpha value is -3.13. The first-order chi connectivity index (χ1) is 16.7. The molecule has 0 radical (unpaired) electrons. The number of amides is 1. The Morgan fingerprint density at radius 1 is 1.09 bits per heavy atom. The molecule has 0 atom stereocenters. The van der Waals surface area contributed by atoms with Gasteiger partial charge in [0.05, 0.1) is 21.9 Å². The van der Waals surface area contributed by atoms with Gasteiger partial charge in [0.1, 0.15) is 4.21 Å². The number of carbonyl (C=O) groups excluding carboxylic acids is 1. The van der Waals surface area contributed by atoms with Gasteiger partial charge in [0.15, 0.2) is 0 Å². The minimum atomic E-state index is -3.86. The summed E-state index contributed by atoms with van der Waals surface area (Å²) < 4.78 is 54.8. The third-order valence-electron chi connectivity index (χ3n) is 5.35. The van der Waals surface area contributed by atoms with Gasteiger partial charge in [0.2, 0.25) is 10.0 Å². The van der Waals surface area contributed by atoms with Crippen molar-refractivity contribution in [2.45, 2.75) is 28.9 Å². The molecular weight excluding hydrogens is 510 g/mol. The molecule has 3 aromatic rings. The van der Waals surface area contributed by atoms with E-state index in [-0.39, 0.29) is 20.4 Å². The summed E-state index contributed by atoms with van der Waals surface area (Å²) in [5.74, 6) is -0.679. The molecule has 0 aliphatic carbocycles. The van der Waals surface area contributed by atoms with Crippen molar-refractivity contribution in [3.63, 3.8) is 0 Å². The van der Waals surface area contributed by atoms with Gasteiger partial charge in [-0.3, -0.25) is 14.5 Å². The first kappa shape index (κ1) is 25.0. The van der Waals surface area contributed by atoms with Crippen LogP contribution in [-0.4, -0.2) is 50.8 Å². The molecule has 1 aliphatic heterocycles. The van der Waals surface area contributed by atoms with Crippen molar-refractivity contribution in [1.82, 2.24) is 14.7 Å². The second kappa shape index (κ2) is 10.2. The standard InChI is InChI=1S/C22H23N5O5S3/c1-16(17-6-4-7-18(14-17)35(31,32)27-11-2-3-12-27)24-25-22(28)19-15-23-10-9-20(19)26-34(29,30)21-8-5-13-33-21/h4-10,13-15H,2-3,11-12H2,1H3,(H,23,26)(H,25,28). The molecule has 0 bridgehead atoms. The summed E-state index contributed by atoms with van der Waals surface area (Å²) in [7, 11) is -7.45. The molecule has 35 heavy (non-hydrogen) atoms. The summed E-state index contributed by atoms with van der Waals surface area (Å²) in [5.41, 5.74) is 3.32. The Morgan fingerprint density at radius 2 is 1.86 bits per heavy atom. The topological polar surface area (TPSA) is 138 Å². The van der Waals surface area contributed by atoms with Crippen molar-refractivity contribution >= 4 is 48.7 Å². The number of hydrazone groups is 1. The van der Waals surface area contributed by atoms with Crippen LogP contribution < -0.4 is 10.1 Å². The molecular formula is C22H23N5O5S3. The summed E-state index contributed by atoms with van der Waals surface area (Å²) in [5, 5.41) is 5.72. The molecule has 0 unspecified atom stereocenters. The van der Waals surface area contributed by atoms with E-state index < -0.39 is 26.0 Å². The van der Waals surface area contributed by atoms with Crippen molar-refractivity contribution in [1.29, 1.82) is 0 Å². The quantitative estimate of drug-likeness (QED) is 0.337. The van der Waals surface area contributed by atoms with Gasteiger partial charge in [-0.05, 0) is 55.0 Å². The molecule has 1 aliphatic rings. The Morgan fingerprint density at radius 3 is 2.57 bits per heavy atom. The summed E-state index contributed by atoms with van der Waals surface area (Å²) in [6, 6.07) is 10.8. The van der Waals surface area contributed by atoms with Crippen molar-refractivity contribution in [2.24, 2.45) is 5.10 Å². The number of thiophene rings is 1. The van der Waals surface area contributed by atoms with Crippen LogP contribution in [0.15, 0.2) is 74.4 Å². The number of rotatable bonds is 8. The summed E-state index contributed by atoms with van der Waals surface area (Å²) in [4.78, 5) is 16.9. The van der Waals surface area contributed by atoms with Crippen LogP contribution in [0.25, 0.3) is 0 Å². The zero-order valence-corrected chi connectivity index (χ0v) is 21.2. The third-order valence-corrected chi connectivity index (χ3v) is 10.0. The van der Waals surface area contributed by atoms with E-state index in [1.807, 2.05) is 0 Å². The lowest BCUT2D eigenvalue weighted by Crippen LogP contribution is -2.28. The molecule has 1 aromatic carbocycles. The van der Waals surface area contributed by atoms with Crippen LogP contribution >= 0.6 is 11.3 Å². The highest BCUT2D eigenvalue weighted by atomic mass is 32.2. The van der Waals surface area contributed by atoms with Crippen LogP contribution in [0.3, 0.4) is 0 Å². The average molecular weight is 534 g/mol. The minimum absolute atomic E-state index is 0.0189. The van der Waals surface area contributed by atoms with Gasteiger partial charge in [-0.2, -0.15) is 9.41 Å². The highest BCUT2D eigenvalue weighted by Crippen LogP contribution is 2.23. The lowest BCUT2D eigenvalue weighted by molar-refractivity contribution is 0.0955. The number of pyridine rings is 1. The molecule has 1 amide bonds. The maximum absolute atomic E-state index is 12.9. The van der Waals surface area contributed by atoms with E-state index >= 15 is 0 Å². The smallest absolute Gasteiger partial charge is 0.275 e. The molecule has 0 spiro atoms. The van der Waals surface area contributed by atoms with Gasteiger partial charge < -0.3 is 0 Å². The number of hydrogen-bond donors (Lipinski definition) is 2. The number of nitrogens with zero attached hydrogens (tertiary/aromatic N) is 3. The monoisotopic (exact) mass is 533 g/mol. The highest BCUT2D eigenvalue weighted by molar-refractivity contribution is 7.94. The summed E-state index contributed by atoms with van der Waals surface area (Å²) in [6.07, 6.45) is 4.27. The zero-order valence-electron chi connectivity index (χ0n) is 18.7. The number of carbonyl (C=O) groups is 1. The van der Waals surface area contributed by atoms with Crippen LogP contribution in [0.2, 0.25) is 0 Å². The van der Waals surface area contributed by atoms with Crippen LogP contribution in [0.5, 0.6) is 0 Å². The Bertz CT molecular complexity index is 1460. The molecule has 10 nitrogen and oxygen atoms in total. The maximum Gasteiger partial charge on any atom is 0.275 e. The number of aromatic nitrogens is 1. The van der Waals surface area contributed by atoms with Crippen LogP contribution in [-0.2, 0) is 20.0 Å². The fourth-order valence-corrected chi connectivity index (χ4v) is 7.13. The number of benzene rings is 1. The van der Waals surface area contributed by atoms with E-state index in [4.69, 9.17) is 0 Å². The lowest BCUT2D eigenvalue weighted by atomic mass is 10.1. The maximum atomic E-state index is 12.9. The molecule has 0 saturated carbocycles. The molecule has 1 saturated heterocycles. The van der Waals surface area contributed by atoms with Crippen molar-refractivity contribution in [3.8, 4) is 0 Å². The first-order valence-electron chi connectivity index (χ1n) is 10.6. The molecule has 184 valence electrons. The average Bonchev–Trinajstić information content (AvgIpc) is 3.58. The van der Waals surface area contributed by atoms with E-state index in [9.17, 15) is 21.6 Å². The number of sulfonamides is 2. The second-order valence-corrected chi connectivity index (χ2v) is 12.5. The van der Waals surface area contributed by atoms with E-state index in [0.29, 0.717) is 24.4 Å². The summed E-state index contributed by atoms with van der Waals surface area (Å²) in [6.45, 7) is 2.63. The lowest BCUT2D eigenvalue weighted by Gasteiger charge is -2.16. The Balaban J connectivity index is 1.52. The largest absolute Gasteiger partial charge is 0.278 e. The van der Waals surface area contributed by atoms with Gasteiger partial charge in [-0.1, -0.05) is 18.2 Å². The van der Waals surface area contributed by atoms with Gasteiger partial charge >= 0.3 is 0 Å². The normalized spacial score (nSPS) is 15.2. The van der Waals surface area contributed by atoms with Crippen LogP contribution in [0, 0.1) is 0 Å². The Kier molecular flexibility index (Phi) is 7.31. The zero-order chi connectivity index (χ0) is 25.1. The second-order valence-electron chi connectivity index (χ2n) is 7.74. The number of nitrogens with one attached hydrogen (secondary N) is 2. The van der Waals surface area contributed by atoms with E-state index in [1.165, 1.54) is 41.0 Å². The van der Waals surface area contributed by atoms with E-state index in [1.54, 1.807) is 30.5 Å². The van der Waals surface area contributed by atoms with Crippen molar-refractivity contribution < 1.29 is 21.6 Å². The minimum Gasteiger partial charge on any atom is -0.278 e. The molecule has 4 rings (SSSR count). The molecule has 2 aromatic heterocycles. The van der Waals surface area contributed by atoms with E-state index in [0.717, 1.165) is 24.2 Å². The van der Waals surface area contributed by atoms with Gasteiger partial charge in [-0.25, -0.2) is 22.3 Å². The fraction of sp³-hybridized carbons (Fsp3) is 0.227. The third kappa shape index (κ3) is 5.59. The number of hydrogen-bond acceptors (Lipinski definition) is 8. The predicted molar refractivity (Wildman–Crippen MR) is 133 cm³/mol. The van der Waals surface area contributed by atoms with Crippen LogP contribution in [0.4, 0.5) is 5.69 Å². The molecule has 2 N–H and O–H groups in total. The number of anilines is 1. The molecule has 1 fully saturated rings. The fourth-order valence-electron chi connectivity index (χ4n) is 3.49. The van der Waals surface area contributed by atoms with Crippen molar-refractivity contribution in [3.05, 3.63) is 71.4 Å². The van der Waals surface area contributed by atoms with E-state index in [2.05, 4.69) is 20.2 Å². The van der Waals surface area contributed by atoms with Crippen molar-refractivity contribution in [2.75, 3.05) is 17.8 Å². The van der Waals surface area contributed by atoms with Gasteiger partial charge in [-0.15, -0.1) is 11.3 Å². The van der Waals surface area contributed by atoms with Crippen LogP contribution in [0.1, 0.15) is 35.7 Å². The molecule has 13 heteroatoms. The van der Waals surface area contributed by atoms with Gasteiger partial charge in [0.25, 0.3) is 15.9 Å². The Labute approximate surface area is 207 Å². The SMILES string of the molecule is CC(=NNC(=O)c1cnccc1NS(=O)(=O)c1cccs1)c1cccc(S(=O)(=O)N2CCCC2)c1. The van der Waals surface area contributed by atoms with Gasteiger partial charge in [0, 0.05) is 25.5 Å². The summed E-state index contributed by atoms with van der Waals surface area (Å²) >= 11 is 1.05. The predicted octanol–water partition coefficient (Wildman–Crippen LogP) is 2.88. The highest BCUT2D eigenvalue weighted by Gasteiger charge is 2.27. The molecule has 3 heterocycles. The first-order valence-corrected chi connectivity index (χ1v) is 14.4.